The predicted octanol–water partition coefficient (Wildman–Crippen LogP) is 3.90. The molecule has 1 fully saturated rings. The Labute approximate surface area is 169 Å². The average Bonchev–Trinajstić information content (AvgIpc) is 3.13. The molecule has 1 heterocycles. The maximum Gasteiger partial charge on any atom is 0.516 e. The maximum absolute atomic E-state index is 12.7. The highest BCUT2D eigenvalue weighted by Crippen LogP contribution is 2.35. The standard InChI is InChI=1S/C22H25NO6/c1-22(2,3)29-21(25)28-20(24)18-17(14-8-6-5-7-9-14)23-19(27-18)15-10-12-16(26-4)13-11-15/h5-13,17-19,23H,1-4H3/t17-,18+,19+/m0/s1. The van der Waals surface area contributed by atoms with Crippen molar-refractivity contribution >= 4 is 12.1 Å². The lowest BCUT2D eigenvalue weighted by atomic mass is 10.0. The van der Waals surface area contributed by atoms with E-state index in [1.807, 2.05) is 54.6 Å². The van der Waals surface area contributed by atoms with Crippen LogP contribution in [-0.4, -0.2) is 30.9 Å². The van der Waals surface area contributed by atoms with Crippen molar-refractivity contribution < 1.29 is 28.5 Å². The molecule has 2 aromatic rings. The van der Waals surface area contributed by atoms with E-state index >= 15 is 0 Å². The number of hydrogen-bond acceptors (Lipinski definition) is 7. The number of carbonyl (C=O) groups is 2. The summed E-state index contributed by atoms with van der Waals surface area (Å²) in [6.45, 7) is 5.08. The van der Waals surface area contributed by atoms with Crippen LogP contribution in [0.25, 0.3) is 0 Å². The van der Waals surface area contributed by atoms with Crippen molar-refractivity contribution in [2.75, 3.05) is 7.11 Å². The third-order valence-corrected chi connectivity index (χ3v) is 4.30. The monoisotopic (exact) mass is 399 g/mol. The van der Waals surface area contributed by atoms with Crippen molar-refractivity contribution in [2.45, 2.75) is 44.7 Å². The van der Waals surface area contributed by atoms with Gasteiger partial charge in [-0.1, -0.05) is 42.5 Å². The molecule has 7 heteroatoms. The molecule has 0 unspecified atom stereocenters. The molecule has 0 aromatic heterocycles. The van der Waals surface area contributed by atoms with Crippen LogP contribution >= 0.6 is 0 Å². The highest BCUT2D eigenvalue weighted by Gasteiger charge is 2.43. The first-order chi connectivity index (χ1) is 13.8. The van der Waals surface area contributed by atoms with Crippen LogP contribution < -0.4 is 10.1 Å². The van der Waals surface area contributed by atoms with Gasteiger partial charge < -0.3 is 18.9 Å². The van der Waals surface area contributed by atoms with Crippen molar-refractivity contribution in [3.63, 3.8) is 0 Å². The quantitative estimate of drug-likeness (QED) is 0.617. The second-order valence-electron chi connectivity index (χ2n) is 7.65. The Hall–Kier alpha value is -2.90. The normalized spacial score (nSPS) is 21.4. The molecule has 7 nitrogen and oxygen atoms in total. The van der Waals surface area contributed by atoms with Gasteiger partial charge in [-0.3, -0.25) is 5.32 Å². The molecule has 1 aliphatic heterocycles. The molecule has 0 aliphatic carbocycles. The first-order valence-corrected chi connectivity index (χ1v) is 9.32. The number of ether oxygens (including phenoxy) is 4. The van der Waals surface area contributed by atoms with E-state index in [2.05, 4.69) is 5.32 Å². The zero-order chi connectivity index (χ0) is 21.0. The largest absolute Gasteiger partial charge is 0.516 e. The van der Waals surface area contributed by atoms with E-state index in [9.17, 15) is 9.59 Å². The molecule has 3 rings (SSSR count). The van der Waals surface area contributed by atoms with Crippen LogP contribution in [0.1, 0.15) is 44.2 Å². The van der Waals surface area contributed by atoms with E-state index in [0.717, 1.165) is 11.1 Å². The fourth-order valence-electron chi connectivity index (χ4n) is 3.00. The Bertz CT molecular complexity index is 844. The molecule has 0 bridgehead atoms. The number of carbonyl (C=O) groups excluding carboxylic acids is 2. The summed E-state index contributed by atoms with van der Waals surface area (Å²) in [5.74, 6) is -0.0937. The minimum atomic E-state index is -1.05. The molecule has 0 spiro atoms. The third-order valence-electron chi connectivity index (χ3n) is 4.30. The number of benzene rings is 2. The summed E-state index contributed by atoms with van der Waals surface area (Å²) in [7, 11) is 1.59. The van der Waals surface area contributed by atoms with Crippen LogP contribution in [0.2, 0.25) is 0 Å². The van der Waals surface area contributed by atoms with Crippen molar-refractivity contribution in [1.29, 1.82) is 0 Å². The molecule has 1 N–H and O–H groups in total. The smallest absolute Gasteiger partial charge is 0.497 e. The number of nitrogens with one attached hydrogen (secondary N) is 1. The van der Waals surface area contributed by atoms with Gasteiger partial charge >= 0.3 is 12.1 Å². The Balaban J connectivity index is 1.80. The van der Waals surface area contributed by atoms with Gasteiger partial charge in [-0.2, -0.15) is 0 Å². The number of esters is 1. The van der Waals surface area contributed by atoms with Crippen molar-refractivity contribution in [2.24, 2.45) is 0 Å². The fourth-order valence-corrected chi connectivity index (χ4v) is 3.00. The first kappa shape index (κ1) is 20.8. The molecular weight excluding hydrogens is 374 g/mol. The summed E-state index contributed by atoms with van der Waals surface area (Å²) in [6, 6.07) is 16.2. The van der Waals surface area contributed by atoms with Gasteiger partial charge in [0.25, 0.3) is 0 Å². The summed E-state index contributed by atoms with van der Waals surface area (Å²) < 4.78 is 21.1. The van der Waals surface area contributed by atoms with Gasteiger partial charge in [-0.05, 0) is 44.0 Å². The maximum atomic E-state index is 12.7. The van der Waals surface area contributed by atoms with Crippen LogP contribution in [-0.2, 0) is 19.0 Å². The Morgan fingerprint density at radius 2 is 1.62 bits per heavy atom. The Morgan fingerprint density at radius 3 is 2.21 bits per heavy atom. The Kier molecular flexibility index (Phi) is 6.20. The summed E-state index contributed by atoms with van der Waals surface area (Å²) in [5, 5.41) is 3.30. The molecule has 0 saturated carbocycles. The van der Waals surface area contributed by atoms with Crippen LogP contribution in [0.4, 0.5) is 4.79 Å². The lowest BCUT2D eigenvalue weighted by molar-refractivity contribution is -0.154. The SMILES string of the molecule is COc1ccc([C@@H]2N[C@@H](c3ccccc3)[C@H](C(=O)OC(=O)OC(C)(C)C)O2)cc1. The highest BCUT2D eigenvalue weighted by molar-refractivity contribution is 5.86. The van der Waals surface area contributed by atoms with Crippen molar-refractivity contribution in [3.05, 3.63) is 65.7 Å². The van der Waals surface area contributed by atoms with E-state index in [1.54, 1.807) is 27.9 Å². The third kappa shape index (κ3) is 5.34. The van der Waals surface area contributed by atoms with Crippen molar-refractivity contribution in [1.82, 2.24) is 5.32 Å². The molecule has 3 atom stereocenters. The molecule has 0 amide bonds. The van der Waals surface area contributed by atoms with Crippen LogP contribution in [0.15, 0.2) is 54.6 Å². The van der Waals surface area contributed by atoms with E-state index in [4.69, 9.17) is 18.9 Å². The minimum absolute atomic E-state index is 0.488. The van der Waals surface area contributed by atoms with Gasteiger partial charge in [-0.15, -0.1) is 0 Å². The zero-order valence-electron chi connectivity index (χ0n) is 16.9. The lowest BCUT2D eigenvalue weighted by Gasteiger charge is -2.20. The first-order valence-electron chi connectivity index (χ1n) is 9.32. The second kappa shape index (κ2) is 8.63. The molecular formula is C22H25NO6. The van der Waals surface area contributed by atoms with Crippen LogP contribution in [0.3, 0.4) is 0 Å². The van der Waals surface area contributed by atoms with Gasteiger partial charge in [0.2, 0.25) is 0 Å². The highest BCUT2D eigenvalue weighted by atomic mass is 16.8. The van der Waals surface area contributed by atoms with Crippen LogP contribution in [0, 0.1) is 0 Å². The predicted molar refractivity (Wildman–Crippen MR) is 105 cm³/mol. The number of methoxy groups -OCH3 is 1. The minimum Gasteiger partial charge on any atom is -0.497 e. The van der Waals surface area contributed by atoms with E-state index in [-0.39, 0.29) is 0 Å². The van der Waals surface area contributed by atoms with Gasteiger partial charge in [-0.25, -0.2) is 9.59 Å². The van der Waals surface area contributed by atoms with Crippen LogP contribution in [0.5, 0.6) is 5.75 Å². The summed E-state index contributed by atoms with van der Waals surface area (Å²) in [6.07, 6.45) is -2.62. The zero-order valence-corrected chi connectivity index (χ0v) is 16.9. The number of hydrogen-bond donors (Lipinski definition) is 1. The van der Waals surface area contributed by atoms with Gasteiger partial charge in [0, 0.05) is 0 Å². The van der Waals surface area contributed by atoms with Gasteiger partial charge in [0.05, 0.1) is 13.2 Å². The van der Waals surface area contributed by atoms with E-state index in [0.29, 0.717) is 5.75 Å². The molecule has 154 valence electrons. The molecule has 1 saturated heterocycles. The topological polar surface area (TPSA) is 83.1 Å². The summed E-state index contributed by atoms with van der Waals surface area (Å²) in [4.78, 5) is 24.6. The summed E-state index contributed by atoms with van der Waals surface area (Å²) in [5.41, 5.74) is 0.894. The fraction of sp³-hybridized carbons (Fsp3) is 0.364. The molecule has 0 radical (unpaired) electrons. The molecule has 2 aromatic carbocycles. The number of rotatable bonds is 4. The molecule has 29 heavy (non-hydrogen) atoms. The molecule has 1 aliphatic rings. The second-order valence-corrected chi connectivity index (χ2v) is 7.65. The Morgan fingerprint density at radius 1 is 0.966 bits per heavy atom. The summed E-state index contributed by atoms with van der Waals surface area (Å²) >= 11 is 0. The van der Waals surface area contributed by atoms with Gasteiger partial charge in [0.1, 0.15) is 17.6 Å². The average molecular weight is 399 g/mol. The van der Waals surface area contributed by atoms with E-state index < -0.39 is 36.1 Å². The van der Waals surface area contributed by atoms with E-state index in [1.165, 1.54) is 0 Å². The van der Waals surface area contributed by atoms with Crippen molar-refractivity contribution in [3.8, 4) is 5.75 Å². The van der Waals surface area contributed by atoms with Gasteiger partial charge in [0.15, 0.2) is 6.10 Å². The lowest BCUT2D eigenvalue weighted by Crippen LogP contribution is -2.34.